The average molecular weight is 675 g/mol. The Balaban J connectivity index is 1.75. The lowest BCUT2D eigenvalue weighted by Crippen LogP contribution is -2.29. The fourth-order valence-corrected chi connectivity index (χ4v) is 4.54. The predicted octanol–water partition coefficient (Wildman–Crippen LogP) is 6.17. The maximum absolute atomic E-state index is 13.5. The van der Waals surface area contributed by atoms with Crippen molar-refractivity contribution < 1.29 is 18.8 Å². The van der Waals surface area contributed by atoms with Gasteiger partial charge in [-0.1, -0.05) is 52.6 Å². The number of hydrogen-bond acceptors (Lipinski definition) is 7. The molecule has 4 rings (SSSR count). The molecule has 0 saturated carbocycles. The number of nitrogens with one attached hydrogen (secondary N) is 1. The zero-order chi connectivity index (χ0) is 29.2. The number of rotatable bonds is 7. The van der Waals surface area contributed by atoms with Crippen LogP contribution >= 0.6 is 31.9 Å². The Morgan fingerprint density at radius 3 is 2.50 bits per heavy atom. The normalized spacial score (nSPS) is 11.7. The summed E-state index contributed by atoms with van der Waals surface area (Å²) in [5, 5.41) is 19.1. The van der Waals surface area contributed by atoms with E-state index in [1.807, 2.05) is 20.8 Å². The monoisotopic (exact) mass is 673 g/mol. The second-order valence-electron chi connectivity index (χ2n) is 9.65. The fourth-order valence-electron chi connectivity index (χ4n) is 3.72. The minimum atomic E-state index is -0.656. The predicted molar refractivity (Wildman–Crippen MR) is 157 cm³/mol. The van der Waals surface area contributed by atoms with E-state index < -0.39 is 39.9 Å². The summed E-state index contributed by atoms with van der Waals surface area (Å²) in [4.78, 5) is 41.8. The van der Waals surface area contributed by atoms with Crippen molar-refractivity contribution in [3.05, 3.63) is 101 Å². The molecule has 1 N–H and O–H groups in total. The molecule has 40 heavy (non-hydrogen) atoms. The SMILES string of the molecule is CC(C)(C)c1nc2ccc(Br)cc2c(=O)n1N=Cc1cc(Br)cc([N+](=O)[O-])c1OCC(=O)Nc1ccc(F)cc1. The standard InChI is InChI=1S/C27H22Br2FN5O5/c1-27(2,3)26-33-21-9-4-16(28)11-20(21)25(37)34(26)31-13-15-10-17(29)12-22(35(38)39)24(15)40-14-23(36)32-19-7-5-18(30)6-8-19/h4-13H,14H2,1-3H3,(H,32,36). The van der Waals surface area contributed by atoms with Gasteiger partial charge in [-0.25, -0.2) is 9.37 Å². The quantitative estimate of drug-likeness (QED) is 0.142. The Kier molecular flexibility index (Phi) is 8.45. The highest BCUT2D eigenvalue weighted by Gasteiger charge is 2.24. The lowest BCUT2D eigenvalue weighted by Gasteiger charge is -2.21. The van der Waals surface area contributed by atoms with Gasteiger partial charge in [0.15, 0.2) is 6.61 Å². The van der Waals surface area contributed by atoms with E-state index in [2.05, 4.69) is 47.3 Å². The molecule has 0 radical (unpaired) electrons. The number of aromatic nitrogens is 2. The Labute approximate surface area is 244 Å². The van der Waals surface area contributed by atoms with Crippen LogP contribution in [0.2, 0.25) is 0 Å². The number of carbonyl (C=O) groups is 1. The van der Waals surface area contributed by atoms with Crippen LogP contribution in [0, 0.1) is 15.9 Å². The number of hydrogen-bond donors (Lipinski definition) is 1. The number of nitro benzene ring substituents is 1. The molecule has 13 heteroatoms. The first-order valence-electron chi connectivity index (χ1n) is 11.8. The van der Waals surface area contributed by atoms with E-state index >= 15 is 0 Å². The van der Waals surface area contributed by atoms with Crippen molar-refractivity contribution in [2.24, 2.45) is 5.10 Å². The minimum Gasteiger partial charge on any atom is -0.476 e. The van der Waals surface area contributed by atoms with Gasteiger partial charge in [0.1, 0.15) is 11.6 Å². The first-order chi connectivity index (χ1) is 18.8. The van der Waals surface area contributed by atoms with Crippen LogP contribution in [0.1, 0.15) is 32.2 Å². The first-order valence-corrected chi connectivity index (χ1v) is 13.4. The molecule has 1 amide bonds. The summed E-state index contributed by atoms with van der Waals surface area (Å²) >= 11 is 6.62. The molecule has 0 saturated heterocycles. The van der Waals surface area contributed by atoms with Crippen molar-refractivity contribution in [1.29, 1.82) is 0 Å². The van der Waals surface area contributed by atoms with Crippen LogP contribution in [0.5, 0.6) is 5.75 Å². The topological polar surface area (TPSA) is 129 Å². The van der Waals surface area contributed by atoms with Crippen molar-refractivity contribution in [3.8, 4) is 5.75 Å². The van der Waals surface area contributed by atoms with E-state index in [-0.39, 0.29) is 11.3 Å². The third-order valence-corrected chi connectivity index (χ3v) is 6.48. The lowest BCUT2D eigenvalue weighted by atomic mass is 9.95. The van der Waals surface area contributed by atoms with Crippen LogP contribution in [0.3, 0.4) is 0 Å². The summed E-state index contributed by atoms with van der Waals surface area (Å²) in [6, 6.07) is 13.0. The van der Waals surface area contributed by atoms with Crippen LogP contribution in [0.25, 0.3) is 10.9 Å². The Morgan fingerprint density at radius 1 is 1.15 bits per heavy atom. The Hall–Kier alpha value is -3.97. The Morgan fingerprint density at radius 2 is 1.85 bits per heavy atom. The second-order valence-corrected chi connectivity index (χ2v) is 11.5. The molecule has 1 heterocycles. The molecule has 206 valence electrons. The summed E-state index contributed by atoms with van der Waals surface area (Å²) in [5.41, 5.74) is -0.478. The number of nitrogens with zero attached hydrogens (tertiary/aromatic N) is 4. The van der Waals surface area contributed by atoms with E-state index in [0.717, 1.165) is 4.68 Å². The molecule has 0 spiro atoms. The van der Waals surface area contributed by atoms with Crippen LogP contribution in [0.15, 0.2) is 73.4 Å². The van der Waals surface area contributed by atoms with E-state index in [9.17, 15) is 24.1 Å². The van der Waals surface area contributed by atoms with Crippen molar-refractivity contribution in [1.82, 2.24) is 9.66 Å². The summed E-state index contributed by atoms with van der Waals surface area (Å²) in [6.07, 6.45) is 1.24. The number of fused-ring (bicyclic) bond motifs is 1. The summed E-state index contributed by atoms with van der Waals surface area (Å²) in [6.45, 7) is 5.05. The zero-order valence-corrected chi connectivity index (χ0v) is 24.6. The third-order valence-electron chi connectivity index (χ3n) is 5.53. The third kappa shape index (κ3) is 6.59. The maximum atomic E-state index is 13.5. The zero-order valence-electron chi connectivity index (χ0n) is 21.4. The van der Waals surface area contributed by atoms with Crippen LogP contribution in [-0.4, -0.2) is 33.3 Å². The van der Waals surface area contributed by atoms with Crippen LogP contribution in [0.4, 0.5) is 15.8 Å². The number of carbonyl (C=O) groups excluding carboxylic acids is 1. The lowest BCUT2D eigenvalue weighted by molar-refractivity contribution is -0.385. The molecular weight excluding hydrogens is 653 g/mol. The highest BCUT2D eigenvalue weighted by Crippen LogP contribution is 2.34. The van der Waals surface area contributed by atoms with Crippen LogP contribution < -0.4 is 15.6 Å². The number of halogens is 3. The number of benzene rings is 3. The van der Waals surface area contributed by atoms with Crippen molar-refractivity contribution >= 4 is 66.3 Å². The Bertz CT molecular complexity index is 1720. The molecule has 0 unspecified atom stereocenters. The number of ether oxygens (including phenoxy) is 1. The highest BCUT2D eigenvalue weighted by atomic mass is 79.9. The number of amides is 1. The van der Waals surface area contributed by atoms with Gasteiger partial charge in [0.2, 0.25) is 5.75 Å². The average Bonchev–Trinajstić information content (AvgIpc) is 2.88. The highest BCUT2D eigenvalue weighted by molar-refractivity contribution is 9.10. The fraction of sp³-hybridized carbons (Fsp3) is 0.185. The van der Waals surface area contributed by atoms with Gasteiger partial charge in [-0.15, -0.1) is 0 Å². The molecule has 0 aliphatic heterocycles. The van der Waals surface area contributed by atoms with Gasteiger partial charge in [-0.2, -0.15) is 9.78 Å². The smallest absolute Gasteiger partial charge is 0.312 e. The molecule has 0 aliphatic carbocycles. The van der Waals surface area contributed by atoms with Gasteiger partial charge in [0.25, 0.3) is 11.5 Å². The van der Waals surface area contributed by atoms with Crippen molar-refractivity contribution in [2.45, 2.75) is 26.2 Å². The van der Waals surface area contributed by atoms with E-state index in [4.69, 9.17) is 4.74 Å². The first kappa shape index (κ1) is 29.0. The largest absolute Gasteiger partial charge is 0.476 e. The number of anilines is 1. The molecular formula is C27H22Br2FN5O5. The van der Waals surface area contributed by atoms with Gasteiger partial charge in [-0.3, -0.25) is 19.7 Å². The molecule has 4 aromatic rings. The summed E-state index contributed by atoms with van der Waals surface area (Å²) < 4.78 is 20.9. The molecule has 10 nitrogen and oxygen atoms in total. The minimum absolute atomic E-state index is 0.136. The van der Waals surface area contributed by atoms with Gasteiger partial charge < -0.3 is 10.1 Å². The molecule has 0 atom stereocenters. The second kappa shape index (κ2) is 11.6. The molecule has 0 bridgehead atoms. The van der Waals surface area contributed by atoms with Crippen LogP contribution in [-0.2, 0) is 10.2 Å². The van der Waals surface area contributed by atoms with Gasteiger partial charge in [0, 0.05) is 31.7 Å². The summed E-state index contributed by atoms with van der Waals surface area (Å²) in [5.74, 6) is -0.948. The number of nitro groups is 1. The van der Waals surface area contributed by atoms with Gasteiger partial charge >= 0.3 is 5.69 Å². The van der Waals surface area contributed by atoms with E-state index in [1.54, 1.807) is 18.2 Å². The van der Waals surface area contributed by atoms with Gasteiger partial charge in [0.05, 0.1) is 22.0 Å². The van der Waals surface area contributed by atoms with E-state index in [1.165, 1.54) is 42.6 Å². The molecule has 1 aromatic heterocycles. The maximum Gasteiger partial charge on any atom is 0.312 e. The van der Waals surface area contributed by atoms with Crippen molar-refractivity contribution in [2.75, 3.05) is 11.9 Å². The van der Waals surface area contributed by atoms with Gasteiger partial charge in [-0.05, 0) is 48.5 Å². The summed E-state index contributed by atoms with van der Waals surface area (Å²) in [7, 11) is 0. The molecule has 0 fully saturated rings. The van der Waals surface area contributed by atoms with E-state index in [0.29, 0.717) is 31.4 Å². The van der Waals surface area contributed by atoms with Crippen molar-refractivity contribution in [3.63, 3.8) is 0 Å². The molecule has 3 aromatic carbocycles. The molecule has 0 aliphatic rings.